The first kappa shape index (κ1) is 15.7. The van der Waals surface area contributed by atoms with Crippen LogP contribution in [0.1, 0.15) is 28.3 Å². The molecule has 0 aliphatic heterocycles. The SMILES string of the molecule is COC(=O)c1sccc1NC(=O)[C@H](C)n1ncc(Br)c1C. The lowest BCUT2D eigenvalue weighted by molar-refractivity contribution is -0.119. The van der Waals surface area contributed by atoms with Crippen molar-refractivity contribution in [2.75, 3.05) is 12.4 Å². The summed E-state index contributed by atoms with van der Waals surface area (Å²) in [5.41, 5.74) is 1.31. The van der Waals surface area contributed by atoms with Gasteiger partial charge in [0, 0.05) is 0 Å². The minimum Gasteiger partial charge on any atom is -0.465 e. The molecular weight excluding hydrogens is 358 g/mol. The Balaban J connectivity index is 2.17. The molecule has 21 heavy (non-hydrogen) atoms. The molecule has 0 radical (unpaired) electrons. The maximum absolute atomic E-state index is 12.3. The third-order valence-electron chi connectivity index (χ3n) is 3.02. The maximum Gasteiger partial charge on any atom is 0.350 e. The van der Waals surface area contributed by atoms with Gasteiger partial charge < -0.3 is 10.1 Å². The van der Waals surface area contributed by atoms with Gasteiger partial charge >= 0.3 is 5.97 Å². The molecule has 112 valence electrons. The molecule has 0 aromatic carbocycles. The van der Waals surface area contributed by atoms with Crippen LogP contribution in [-0.2, 0) is 9.53 Å². The summed E-state index contributed by atoms with van der Waals surface area (Å²) in [5, 5.41) is 8.62. The van der Waals surface area contributed by atoms with Crippen molar-refractivity contribution in [3.8, 4) is 0 Å². The number of thiophene rings is 1. The summed E-state index contributed by atoms with van der Waals surface area (Å²) in [6.07, 6.45) is 1.64. The summed E-state index contributed by atoms with van der Waals surface area (Å²) < 4.78 is 7.14. The van der Waals surface area contributed by atoms with Gasteiger partial charge in [-0.05, 0) is 41.2 Å². The third kappa shape index (κ3) is 3.16. The van der Waals surface area contributed by atoms with Gasteiger partial charge in [-0.25, -0.2) is 4.79 Å². The Morgan fingerprint density at radius 1 is 1.52 bits per heavy atom. The normalized spacial score (nSPS) is 12.0. The number of hydrogen-bond donors (Lipinski definition) is 1. The second-order valence-electron chi connectivity index (χ2n) is 4.34. The van der Waals surface area contributed by atoms with Crippen molar-refractivity contribution >= 4 is 44.8 Å². The highest BCUT2D eigenvalue weighted by Crippen LogP contribution is 2.25. The van der Waals surface area contributed by atoms with E-state index >= 15 is 0 Å². The molecule has 2 aromatic rings. The molecule has 2 rings (SSSR count). The predicted octanol–water partition coefficient (Wildman–Crippen LogP) is 3.00. The zero-order valence-corrected chi connectivity index (χ0v) is 14.1. The lowest BCUT2D eigenvalue weighted by Gasteiger charge is -2.14. The van der Waals surface area contributed by atoms with Gasteiger partial charge in [-0.3, -0.25) is 9.48 Å². The molecule has 0 saturated carbocycles. The van der Waals surface area contributed by atoms with Crippen LogP contribution in [0.15, 0.2) is 22.1 Å². The lowest BCUT2D eigenvalue weighted by Crippen LogP contribution is -2.25. The fraction of sp³-hybridized carbons (Fsp3) is 0.308. The van der Waals surface area contributed by atoms with Crippen LogP contribution >= 0.6 is 27.3 Å². The van der Waals surface area contributed by atoms with Gasteiger partial charge in [0.2, 0.25) is 5.91 Å². The van der Waals surface area contributed by atoms with E-state index in [1.165, 1.54) is 18.4 Å². The molecule has 0 aliphatic carbocycles. The van der Waals surface area contributed by atoms with Gasteiger partial charge in [0.1, 0.15) is 10.9 Å². The standard InChI is InChI=1S/C13H14BrN3O3S/c1-7-9(14)6-15-17(7)8(2)12(18)16-10-4-5-21-11(10)13(19)20-3/h4-6,8H,1-3H3,(H,16,18)/t8-/m0/s1. The number of nitrogens with one attached hydrogen (secondary N) is 1. The molecule has 0 fully saturated rings. The number of amides is 1. The number of ether oxygens (including phenoxy) is 1. The number of carbonyl (C=O) groups is 2. The quantitative estimate of drug-likeness (QED) is 0.838. The number of methoxy groups -OCH3 is 1. The van der Waals surface area contributed by atoms with Gasteiger partial charge in [-0.15, -0.1) is 11.3 Å². The van der Waals surface area contributed by atoms with Crippen molar-refractivity contribution in [1.29, 1.82) is 0 Å². The monoisotopic (exact) mass is 371 g/mol. The first-order chi connectivity index (χ1) is 9.95. The van der Waals surface area contributed by atoms with Crippen molar-refractivity contribution in [3.63, 3.8) is 0 Å². The van der Waals surface area contributed by atoms with Crippen LogP contribution in [0.25, 0.3) is 0 Å². The van der Waals surface area contributed by atoms with E-state index in [2.05, 4.69) is 31.1 Å². The average molecular weight is 372 g/mol. The topological polar surface area (TPSA) is 73.2 Å². The summed E-state index contributed by atoms with van der Waals surface area (Å²) in [6, 6.07) is 1.18. The lowest BCUT2D eigenvalue weighted by atomic mass is 10.3. The van der Waals surface area contributed by atoms with Crippen molar-refractivity contribution < 1.29 is 14.3 Å². The number of rotatable bonds is 4. The molecule has 6 nitrogen and oxygen atoms in total. The van der Waals surface area contributed by atoms with E-state index in [1.807, 2.05) is 6.92 Å². The Morgan fingerprint density at radius 2 is 2.24 bits per heavy atom. The largest absolute Gasteiger partial charge is 0.465 e. The third-order valence-corrected chi connectivity index (χ3v) is 4.70. The van der Waals surface area contributed by atoms with Crippen LogP contribution in [0, 0.1) is 6.92 Å². The molecule has 0 saturated heterocycles. The van der Waals surface area contributed by atoms with Crippen molar-refractivity contribution in [1.82, 2.24) is 9.78 Å². The van der Waals surface area contributed by atoms with Crippen LogP contribution in [0.4, 0.5) is 5.69 Å². The zero-order valence-electron chi connectivity index (χ0n) is 11.7. The van der Waals surface area contributed by atoms with Gasteiger partial charge in [-0.2, -0.15) is 5.10 Å². The first-order valence-corrected chi connectivity index (χ1v) is 7.79. The molecule has 1 N–H and O–H groups in total. The van der Waals surface area contributed by atoms with E-state index in [0.717, 1.165) is 10.2 Å². The molecule has 8 heteroatoms. The first-order valence-electron chi connectivity index (χ1n) is 6.12. The Labute approximate surface area is 134 Å². The van der Waals surface area contributed by atoms with Crippen molar-refractivity contribution in [2.45, 2.75) is 19.9 Å². The highest BCUT2D eigenvalue weighted by Gasteiger charge is 2.21. The molecule has 1 amide bonds. The summed E-state index contributed by atoms with van der Waals surface area (Å²) in [5.74, 6) is -0.719. The number of esters is 1. The predicted molar refractivity (Wildman–Crippen MR) is 83.7 cm³/mol. The number of nitrogens with zero attached hydrogens (tertiary/aromatic N) is 2. The number of anilines is 1. The Kier molecular flexibility index (Phi) is 4.79. The molecule has 0 bridgehead atoms. The number of aromatic nitrogens is 2. The molecule has 1 atom stereocenters. The number of halogens is 1. The molecule has 0 aliphatic rings. The fourth-order valence-electron chi connectivity index (χ4n) is 1.80. The second-order valence-corrected chi connectivity index (χ2v) is 6.11. The molecule has 0 unspecified atom stereocenters. The van der Waals surface area contributed by atoms with Crippen LogP contribution in [0.5, 0.6) is 0 Å². The second kappa shape index (κ2) is 6.40. The highest BCUT2D eigenvalue weighted by molar-refractivity contribution is 9.10. The zero-order chi connectivity index (χ0) is 15.6. The van der Waals surface area contributed by atoms with E-state index in [9.17, 15) is 9.59 Å². The highest BCUT2D eigenvalue weighted by atomic mass is 79.9. The minimum atomic E-state index is -0.498. The fourth-order valence-corrected chi connectivity index (χ4v) is 2.84. The summed E-state index contributed by atoms with van der Waals surface area (Å²) in [4.78, 5) is 24.3. The average Bonchev–Trinajstić information content (AvgIpc) is 3.05. The van der Waals surface area contributed by atoms with Crippen molar-refractivity contribution in [3.05, 3.63) is 32.7 Å². The summed E-state index contributed by atoms with van der Waals surface area (Å²) in [7, 11) is 1.31. The van der Waals surface area contributed by atoms with Gasteiger partial charge in [0.05, 0.1) is 29.2 Å². The van der Waals surface area contributed by atoms with Crippen LogP contribution < -0.4 is 5.32 Å². The van der Waals surface area contributed by atoms with E-state index in [-0.39, 0.29) is 5.91 Å². The van der Waals surface area contributed by atoms with Crippen LogP contribution in [0.2, 0.25) is 0 Å². The van der Waals surface area contributed by atoms with E-state index in [4.69, 9.17) is 0 Å². The van der Waals surface area contributed by atoms with Crippen molar-refractivity contribution in [2.24, 2.45) is 0 Å². The van der Waals surface area contributed by atoms with Gasteiger partial charge in [-0.1, -0.05) is 0 Å². The summed E-state index contributed by atoms with van der Waals surface area (Å²) in [6.45, 7) is 3.61. The molecule has 2 heterocycles. The smallest absolute Gasteiger partial charge is 0.350 e. The summed E-state index contributed by atoms with van der Waals surface area (Å²) >= 11 is 4.58. The molecular formula is C13H14BrN3O3S. The Hall–Kier alpha value is -1.67. The Bertz CT molecular complexity index is 680. The maximum atomic E-state index is 12.3. The molecule has 0 spiro atoms. The minimum absolute atomic E-state index is 0.253. The van der Waals surface area contributed by atoms with E-state index in [0.29, 0.717) is 10.6 Å². The van der Waals surface area contributed by atoms with Crippen LogP contribution in [0.3, 0.4) is 0 Å². The van der Waals surface area contributed by atoms with E-state index < -0.39 is 12.0 Å². The molecule has 2 aromatic heterocycles. The number of carbonyl (C=O) groups excluding carboxylic acids is 2. The van der Waals surface area contributed by atoms with E-state index in [1.54, 1.807) is 29.2 Å². The van der Waals surface area contributed by atoms with Gasteiger partial charge in [0.15, 0.2) is 0 Å². The van der Waals surface area contributed by atoms with Crippen LogP contribution in [-0.4, -0.2) is 28.8 Å². The Morgan fingerprint density at radius 3 is 2.81 bits per heavy atom. The van der Waals surface area contributed by atoms with Gasteiger partial charge in [0.25, 0.3) is 0 Å². The number of hydrogen-bond acceptors (Lipinski definition) is 5.